The molecule has 18 heavy (non-hydrogen) atoms. The van der Waals surface area contributed by atoms with Crippen LogP contribution in [0.4, 0.5) is 10.1 Å². The van der Waals surface area contributed by atoms with Crippen LogP contribution in [0.1, 0.15) is 24.1 Å². The maximum atomic E-state index is 13.7. The Bertz CT molecular complexity index is 554. The van der Waals surface area contributed by atoms with Gasteiger partial charge in [0.05, 0.1) is 6.04 Å². The second-order valence-electron chi connectivity index (χ2n) is 4.35. The maximum Gasteiger partial charge on any atom is 0.128 e. The SMILES string of the molecule is Cc1ccc(Br)cc1NC(C)c1ccccc1F. The zero-order chi connectivity index (χ0) is 13.1. The Morgan fingerprint density at radius 1 is 1.17 bits per heavy atom. The van der Waals surface area contributed by atoms with E-state index in [2.05, 4.69) is 21.2 Å². The Kier molecular flexibility index (Phi) is 4.02. The minimum atomic E-state index is -0.176. The summed E-state index contributed by atoms with van der Waals surface area (Å²) in [6, 6.07) is 12.8. The molecular formula is C15H15BrFN. The predicted molar refractivity (Wildman–Crippen MR) is 77.3 cm³/mol. The van der Waals surface area contributed by atoms with E-state index >= 15 is 0 Å². The molecule has 0 saturated heterocycles. The summed E-state index contributed by atoms with van der Waals surface area (Å²) < 4.78 is 14.7. The van der Waals surface area contributed by atoms with Crippen LogP contribution in [0.2, 0.25) is 0 Å². The first kappa shape index (κ1) is 13.1. The molecule has 1 unspecified atom stereocenters. The first-order chi connectivity index (χ1) is 8.58. The summed E-state index contributed by atoms with van der Waals surface area (Å²) >= 11 is 3.44. The van der Waals surface area contributed by atoms with Gasteiger partial charge in [-0.25, -0.2) is 4.39 Å². The summed E-state index contributed by atoms with van der Waals surface area (Å²) in [4.78, 5) is 0. The Hall–Kier alpha value is -1.35. The minimum Gasteiger partial charge on any atom is -0.378 e. The van der Waals surface area contributed by atoms with Crippen LogP contribution in [0.3, 0.4) is 0 Å². The van der Waals surface area contributed by atoms with Crippen molar-refractivity contribution in [2.45, 2.75) is 19.9 Å². The highest BCUT2D eigenvalue weighted by molar-refractivity contribution is 9.10. The molecule has 1 N–H and O–H groups in total. The zero-order valence-electron chi connectivity index (χ0n) is 10.4. The fraction of sp³-hybridized carbons (Fsp3) is 0.200. The smallest absolute Gasteiger partial charge is 0.128 e. The van der Waals surface area contributed by atoms with Crippen LogP contribution in [-0.2, 0) is 0 Å². The number of aryl methyl sites for hydroxylation is 1. The molecule has 0 amide bonds. The van der Waals surface area contributed by atoms with E-state index in [0.717, 1.165) is 15.7 Å². The third-order valence-corrected chi connectivity index (χ3v) is 3.44. The molecule has 2 rings (SSSR count). The van der Waals surface area contributed by atoms with Crippen LogP contribution < -0.4 is 5.32 Å². The lowest BCUT2D eigenvalue weighted by Crippen LogP contribution is -2.09. The first-order valence-corrected chi connectivity index (χ1v) is 6.64. The normalized spacial score (nSPS) is 12.2. The van der Waals surface area contributed by atoms with Gasteiger partial charge in [-0.2, -0.15) is 0 Å². The van der Waals surface area contributed by atoms with Crippen LogP contribution in [0.25, 0.3) is 0 Å². The Balaban J connectivity index is 2.24. The van der Waals surface area contributed by atoms with Crippen LogP contribution in [0, 0.1) is 12.7 Å². The average molecular weight is 308 g/mol. The van der Waals surface area contributed by atoms with Crippen molar-refractivity contribution in [1.82, 2.24) is 0 Å². The molecule has 0 aliphatic rings. The van der Waals surface area contributed by atoms with Gasteiger partial charge in [-0.05, 0) is 37.6 Å². The third-order valence-electron chi connectivity index (χ3n) is 2.94. The fourth-order valence-electron chi connectivity index (χ4n) is 1.89. The van der Waals surface area contributed by atoms with Crippen LogP contribution in [0.5, 0.6) is 0 Å². The highest BCUT2D eigenvalue weighted by Gasteiger charge is 2.11. The minimum absolute atomic E-state index is 0.0702. The van der Waals surface area contributed by atoms with E-state index in [9.17, 15) is 4.39 Å². The van der Waals surface area contributed by atoms with Crippen LogP contribution in [0.15, 0.2) is 46.9 Å². The van der Waals surface area contributed by atoms with E-state index in [1.54, 1.807) is 12.1 Å². The number of halogens is 2. The zero-order valence-corrected chi connectivity index (χ0v) is 12.0. The van der Waals surface area contributed by atoms with Crippen molar-refractivity contribution < 1.29 is 4.39 Å². The van der Waals surface area contributed by atoms with Crippen LogP contribution >= 0.6 is 15.9 Å². The quantitative estimate of drug-likeness (QED) is 0.834. The number of hydrogen-bond donors (Lipinski definition) is 1. The van der Waals surface area contributed by atoms with Crippen molar-refractivity contribution >= 4 is 21.6 Å². The summed E-state index contributed by atoms with van der Waals surface area (Å²) in [6.07, 6.45) is 0. The van der Waals surface area contributed by atoms with Gasteiger partial charge in [0, 0.05) is 15.7 Å². The molecule has 1 atom stereocenters. The van der Waals surface area contributed by atoms with Gasteiger partial charge in [0.25, 0.3) is 0 Å². The van der Waals surface area contributed by atoms with Gasteiger partial charge in [-0.3, -0.25) is 0 Å². The number of rotatable bonds is 3. The van der Waals surface area contributed by atoms with Gasteiger partial charge in [0.2, 0.25) is 0 Å². The molecule has 1 nitrogen and oxygen atoms in total. The molecule has 0 fully saturated rings. The summed E-state index contributed by atoms with van der Waals surface area (Å²) in [5.74, 6) is -0.176. The number of hydrogen-bond acceptors (Lipinski definition) is 1. The van der Waals surface area contributed by atoms with Crippen LogP contribution in [-0.4, -0.2) is 0 Å². The maximum absolute atomic E-state index is 13.7. The molecule has 0 saturated carbocycles. The Labute approximate surface area is 115 Å². The molecule has 2 aromatic carbocycles. The highest BCUT2D eigenvalue weighted by Crippen LogP contribution is 2.26. The van der Waals surface area contributed by atoms with E-state index in [-0.39, 0.29) is 11.9 Å². The second kappa shape index (κ2) is 5.53. The second-order valence-corrected chi connectivity index (χ2v) is 5.26. The summed E-state index contributed by atoms with van der Waals surface area (Å²) in [6.45, 7) is 3.99. The largest absolute Gasteiger partial charge is 0.378 e. The van der Waals surface area contributed by atoms with Crippen molar-refractivity contribution in [1.29, 1.82) is 0 Å². The van der Waals surface area contributed by atoms with Crippen molar-refractivity contribution in [3.8, 4) is 0 Å². The monoisotopic (exact) mass is 307 g/mol. The Morgan fingerprint density at radius 2 is 1.89 bits per heavy atom. The molecule has 0 aromatic heterocycles. The third kappa shape index (κ3) is 2.91. The Morgan fingerprint density at radius 3 is 2.61 bits per heavy atom. The van der Waals surface area contributed by atoms with Gasteiger partial charge in [0.1, 0.15) is 5.82 Å². The van der Waals surface area contributed by atoms with Crippen molar-refractivity contribution in [2.75, 3.05) is 5.32 Å². The highest BCUT2D eigenvalue weighted by atomic mass is 79.9. The molecule has 0 aliphatic heterocycles. The van der Waals surface area contributed by atoms with E-state index < -0.39 is 0 Å². The molecule has 0 aliphatic carbocycles. The van der Waals surface area contributed by atoms with Gasteiger partial charge >= 0.3 is 0 Å². The molecule has 3 heteroatoms. The average Bonchev–Trinajstić information content (AvgIpc) is 2.34. The topological polar surface area (TPSA) is 12.0 Å². The summed E-state index contributed by atoms with van der Waals surface area (Å²) in [7, 11) is 0. The van der Waals surface area contributed by atoms with Gasteiger partial charge in [-0.15, -0.1) is 0 Å². The molecule has 0 spiro atoms. The lowest BCUT2D eigenvalue weighted by Gasteiger charge is -2.18. The lowest BCUT2D eigenvalue weighted by atomic mass is 10.1. The van der Waals surface area contributed by atoms with Crippen molar-refractivity contribution in [3.63, 3.8) is 0 Å². The number of nitrogens with one attached hydrogen (secondary N) is 1. The van der Waals surface area contributed by atoms with E-state index in [1.165, 1.54) is 6.07 Å². The summed E-state index contributed by atoms with van der Waals surface area (Å²) in [5, 5.41) is 3.34. The molecule has 94 valence electrons. The van der Waals surface area contributed by atoms with Gasteiger partial charge in [0.15, 0.2) is 0 Å². The number of benzene rings is 2. The standard InChI is InChI=1S/C15H15BrFN/c1-10-7-8-12(16)9-15(10)18-11(2)13-5-3-4-6-14(13)17/h3-9,11,18H,1-2H3. The van der Waals surface area contributed by atoms with E-state index in [1.807, 2.05) is 38.1 Å². The molecular weight excluding hydrogens is 293 g/mol. The van der Waals surface area contributed by atoms with Crippen molar-refractivity contribution in [2.24, 2.45) is 0 Å². The lowest BCUT2D eigenvalue weighted by molar-refractivity contribution is 0.600. The van der Waals surface area contributed by atoms with Crippen molar-refractivity contribution in [3.05, 3.63) is 63.9 Å². The molecule has 0 bridgehead atoms. The summed E-state index contributed by atoms with van der Waals surface area (Å²) in [5.41, 5.74) is 2.83. The van der Waals surface area contributed by atoms with Gasteiger partial charge in [-0.1, -0.05) is 40.2 Å². The van der Waals surface area contributed by atoms with Gasteiger partial charge < -0.3 is 5.32 Å². The number of anilines is 1. The first-order valence-electron chi connectivity index (χ1n) is 5.85. The fourth-order valence-corrected chi connectivity index (χ4v) is 2.25. The molecule has 0 heterocycles. The molecule has 2 aromatic rings. The van der Waals surface area contributed by atoms with E-state index in [4.69, 9.17) is 0 Å². The molecule has 0 radical (unpaired) electrons. The predicted octanol–water partition coefficient (Wildman–Crippen LogP) is 5.07. The van der Waals surface area contributed by atoms with E-state index in [0.29, 0.717) is 5.56 Å².